The fourth-order valence-corrected chi connectivity index (χ4v) is 4.04. The molecule has 2 aromatic carbocycles. The molecule has 0 fully saturated rings. The Kier molecular flexibility index (Phi) is 4.10. The Morgan fingerprint density at radius 1 is 1.00 bits per heavy atom. The van der Waals surface area contributed by atoms with E-state index in [2.05, 4.69) is 9.97 Å². The molecule has 5 rings (SSSR count). The van der Waals surface area contributed by atoms with Gasteiger partial charge in [0.25, 0.3) is 5.91 Å². The Labute approximate surface area is 164 Å². The molecule has 0 bridgehead atoms. The van der Waals surface area contributed by atoms with Gasteiger partial charge in [0, 0.05) is 11.6 Å². The number of hydrogen-bond donors (Lipinski definition) is 0. The van der Waals surface area contributed by atoms with E-state index in [0.717, 1.165) is 21.3 Å². The number of thiazole rings is 1. The highest BCUT2D eigenvalue weighted by molar-refractivity contribution is 7.22. The lowest BCUT2D eigenvalue weighted by molar-refractivity contribution is 0.0960. The monoisotopic (exact) mass is 385 g/mol. The molecule has 0 saturated heterocycles. The van der Waals surface area contributed by atoms with Crippen LogP contribution in [0.3, 0.4) is 0 Å². The third-order valence-corrected chi connectivity index (χ3v) is 5.50. The van der Waals surface area contributed by atoms with Gasteiger partial charge >= 0.3 is 0 Å². The van der Waals surface area contributed by atoms with Crippen LogP contribution in [0.25, 0.3) is 21.2 Å². The van der Waals surface area contributed by atoms with Crippen LogP contribution >= 0.6 is 11.3 Å². The van der Waals surface area contributed by atoms with Crippen LogP contribution in [0.15, 0.2) is 83.4 Å². The number of furan rings is 1. The van der Waals surface area contributed by atoms with Crippen molar-refractivity contribution in [2.75, 3.05) is 4.90 Å². The summed E-state index contributed by atoms with van der Waals surface area (Å²) in [5.74, 6) is 0.0531. The predicted molar refractivity (Wildman–Crippen MR) is 111 cm³/mol. The molecule has 0 radical (unpaired) electrons. The van der Waals surface area contributed by atoms with Gasteiger partial charge in [-0.3, -0.25) is 14.7 Å². The number of rotatable bonds is 4. The largest absolute Gasteiger partial charge is 0.451 e. The fraction of sp³-hybridized carbons (Fsp3) is 0.0455. The molecule has 0 unspecified atom stereocenters. The van der Waals surface area contributed by atoms with Gasteiger partial charge in [0.2, 0.25) is 0 Å². The molecule has 5 nitrogen and oxygen atoms in total. The van der Waals surface area contributed by atoms with Crippen LogP contribution in [0.2, 0.25) is 0 Å². The molecule has 0 aliphatic carbocycles. The molecule has 0 saturated carbocycles. The summed E-state index contributed by atoms with van der Waals surface area (Å²) in [6.07, 6.45) is 1.72. The first-order chi connectivity index (χ1) is 13.8. The van der Waals surface area contributed by atoms with Crippen molar-refractivity contribution in [3.05, 3.63) is 90.4 Å². The minimum absolute atomic E-state index is 0.235. The van der Waals surface area contributed by atoms with Crippen molar-refractivity contribution in [2.24, 2.45) is 0 Å². The molecular formula is C22H15N3O2S. The summed E-state index contributed by atoms with van der Waals surface area (Å²) < 4.78 is 6.84. The summed E-state index contributed by atoms with van der Waals surface area (Å²) in [4.78, 5) is 24.0. The third-order valence-electron chi connectivity index (χ3n) is 4.44. The van der Waals surface area contributed by atoms with Crippen LogP contribution in [0.4, 0.5) is 5.13 Å². The predicted octanol–water partition coefficient (Wildman–Crippen LogP) is 5.28. The van der Waals surface area contributed by atoms with Crippen molar-refractivity contribution in [1.29, 1.82) is 0 Å². The summed E-state index contributed by atoms with van der Waals surface area (Å²) in [6.45, 7) is 0.316. The molecule has 0 atom stereocenters. The van der Waals surface area contributed by atoms with Gasteiger partial charge in [0.1, 0.15) is 5.58 Å². The number of anilines is 1. The van der Waals surface area contributed by atoms with Gasteiger partial charge in [-0.2, -0.15) is 0 Å². The van der Waals surface area contributed by atoms with E-state index in [-0.39, 0.29) is 11.7 Å². The van der Waals surface area contributed by atoms with Crippen molar-refractivity contribution in [1.82, 2.24) is 9.97 Å². The standard InChI is InChI=1S/C22H15N3O2S/c26-21(19-13-15-7-1-3-10-18(15)27-19)25(14-16-8-5-6-12-23-16)22-24-17-9-2-4-11-20(17)28-22/h1-13H,14H2. The van der Waals surface area contributed by atoms with Crippen LogP contribution < -0.4 is 4.90 Å². The second kappa shape index (κ2) is 6.90. The zero-order valence-corrected chi connectivity index (χ0v) is 15.6. The first-order valence-corrected chi connectivity index (χ1v) is 9.65. The van der Waals surface area contributed by atoms with Gasteiger partial charge in [-0.05, 0) is 36.4 Å². The van der Waals surface area contributed by atoms with Crippen molar-refractivity contribution < 1.29 is 9.21 Å². The zero-order valence-electron chi connectivity index (χ0n) is 14.8. The zero-order chi connectivity index (χ0) is 18.9. The SMILES string of the molecule is O=C(c1cc2ccccc2o1)N(Cc1ccccn1)c1nc2ccccc2s1. The minimum Gasteiger partial charge on any atom is -0.451 e. The molecule has 3 aromatic heterocycles. The Morgan fingerprint density at radius 3 is 2.64 bits per heavy atom. The Balaban J connectivity index is 1.59. The summed E-state index contributed by atoms with van der Waals surface area (Å²) in [5, 5.41) is 1.52. The average Bonchev–Trinajstić information content (AvgIpc) is 3.36. The highest BCUT2D eigenvalue weighted by Crippen LogP contribution is 2.31. The van der Waals surface area contributed by atoms with E-state index in [0.29, 0.717) is 17.3 Å². The quantitative estimate of drug-likeness (QED) is 0.422. The molecule has 1 amide bonds. The Bertz CT molecular complexity index is 1210. The van der Waals surface area contributed by atoms with Crippen LogP contribution in [0.5, 0.6) is 0 Å². The summed E-state index contributed by atoms with van der Waals surface area (Å²) in [7, 11) is 0. The van der Waals surface area contributed by atoms with E-state index in [9.17, 15) is 4.79 Å². The van der Waals surface area contributed by atoms with Gasteiger partial charge in [-0.25, -0.2) is 4.98 Å². The van der Waals surface area contributed by atoms with E-state index in [4.69, 9.17) is 4.42 Å². The Hall–Kier alpha value is -3.51. The van der Waals surface area contributed by atoms with Crippen molar-refractivity contribution in [3.8, 4) is 0 Å². The lowest BCUT2D eigenvalue weighted by atomic mass is 10.2. The molecule has 6 heteroatoms. The van der Waals surface area contributed by atoms with E-state index < -0.39 is 0 Å². The molecular weight excluding hydrogens is 370 g/mol. The number of fused-ring (bicyclic) bond motifs is 2. The maximum absolute atomic E-state index is 13.4. The lowest BCUT2D eigenvalue weighted by Gasteiger charge is -2.18. The highest BCUT2D eigenvalue weighted by Gasteiger charge is 2.25. The number of amides is 1. The first-order valence-electron chi connectivity index (χ1n) is 8.84. The van der Waals surface area contributed by atoms with Gasteiger partial charge in [0.05, 0.1) is 22.5 Å². The van der Waals surface area contributed by atoms with Crippen LogP contribution in [-0.4, -0.2) is 15.9 Å². The third kappa shape index (κ3) is 3.04. The van der Waals surface area contributed by atoms with E-state index in [1.807, 2.05) is 66.7 Å². The summed E-state index contributed by atoms with van der Waals surface area (Å²) >= 11 is 1.48. The van der Waals surface area contributed by atoms with E-state index >= 15 is 0 Å². The molecule has 0 spiro atoms. The molecule has 136 valence electrons. The number of carbonyl (C=O) groups is 1. The van der Waals surface area contributed by atoms with Gasteiger partial charge in [0.15, 0.2) is 10.9 Å². The number of hydrogen-bond acceptors (Lipinski definition) is 5. The van der Waals surface area contributed by atoms with Crippen LogP contribution in [0.1, 0.15) is 16.2 Å². The molecule has 3 heterocycles. The summed E-state index contributed by atoms with van der Waals surface area (Å²) in [6, 6.07) is 22.9. The Morgan fingerprint density at radius 2 is 1.82 bits per heavy atom. The number of pyridine rings is 1. The van der Waals surface area contributed by atoms with E-state index in [1.54, 1.807) is 17.2 Å². The minimum atomic E-state index is -0.235. The number of aromatic nitrogens is 2. The van der Waals surface area contributed by atoms with Crippen LogP contribution in [-0.2, 0) is 6.54 Å². The number of para-hydroxylation sites is 2. The van der Waals surface area contributed by atoms with Gasteiger partial charge in [-0.15, -0.1) is 0 Å². The number of benzene rings is 2. The summed E-state index contributed by atoms with van der Waals surface area (Å²) in [5.41, 5.74) is 2.34. The molecule has 5 aromatic rings. The highest BCUT2D eigenvalue weighted by atomic mass is 32.1. The van der Waals surface area contributed by atoms with Gasteiger partial charge < -0.3 is 4.42 Å². The molecule has 0 aliphatic rings. The molecule has 0 N–H and O–H groups in total. The number of nitrogens with zero attached hydrogens (tertiary/aromatic N) is 3. The fourth-order valence-electron chi connectivity index (χ4n) is 3.08. The van der Waals surface area contributed by atoms with Crippen molar-refractivity contribution >= 4 is 43.6 Å². The smallest absolute Gasteiger partial charge is 0.296 e. The van der Waals surface area contributed by atoms with Crippen molar-refractivity contribution in [2.45, 2.75) is 6.54 Å². The molecule has 28 heavy (non-hydrogen) atoms. The normalized spacial score (nSPS) is 11.1. The topological polar surface area (TPSA) is 59.2 Å². The second-order valence-electron chi connectivity index (χ2n) is 6.33. The number of carbonyl (C=O) groups excluding carboxylic acids is 1. The molecule has 0 aliphatic heterocycles. The average molecular weight is 385 g/mol. The van der Waals surface area contributed by atoms with Gasteiger partial charge in [-0.1, -0.05) is 47.7 Å². The first kappa shape index (κ1) is 16.6. The second-order valence-corrected chi connectivity index (χ2v) is 7.33. The lowest BCUT2D eigenvalue weighted by Crippen LogP contribution is -2.30. The van der Waals surface area contributed by atoms with Crippen LogP contribution in [0, 0.1) is 0 Å². The van der Waals surface area contributed by atoms with E-state index in [1.165, 1.54) is 11.3 Å². The maximum atomic E-state index is 13.4. The maximum Gasteiger partial charge on any atom is 0.296 e. The van der Waals surface area contributed by atoms with Crippen molar-refractivity contribution in [3.63, 3.8) is 0 Å².